The van der Waals surface area contributed by atoms with E-state index in [1.54, 1.807) is 6.92 Å². The minimum atomic E-state index is -0.867. The Kier molecular flexibility index (Phi) is 12.7. The largest absolute Gasteiger partial charge is 0.493 e. The number of nitrogens with zero attached hydrogens (tertiary/aromatic N) is 1. The van der Waals surface area contributed by atoms with Crippen molar-refractivity contribution in [1.29, 1.82) is 0 Å². The number of cyclic esters (lactones) is 1. The molecule has 1 aromatic heterocycles. The number of ether oxygens (including phenoxy) is 5. The Hall–Kier alpha value is -3.37. The highest BCUT2D eigenvalue weighted by Crippen LogP contribution is 2.42. The van der Waals surface area contributed by atoms with Crippen LogP contribution in [0.5, 0.6) is 11.5 Å². The minimum Gasteiger partial charge on any atom is -0.493 e. The van der Waals surface area contributed by atoms with Crippen LogP contribution in [0.25, 0.3) is 0 Å². The molecule has 11 heteroatoms. The number of rotatable bonds is 12. The molecule has 0 bridgehead atoms. The van der Waals surface area contributed by atoms with Crippen LogP contribution in [0.3, 0.4) is 0 Å². The molecule has 1 saturated carbocycles. The molecule has 0 unspecified atom stereocenters. The maximum Gasteiger partial charge on any atom is 0.334 e. The summed E-state index contributed by atoms with van der Waals surface area (Å²) in [6, 6.07) is 8.63. The Morgan fingerprint density at radius 3 is 2.52 bits per heavy atom. The number of methoxy groups -OCH3 is 1. The predicted molar refractivity (Wildman–Crippen MR) is 164 cm³/mol. The number of benzene rings is 1. The van der Waals surface area contributed by atoms with Gasteiger partial charge in [-0.05, 0) is 62.6 Å². The highest BCUT2D eigenvalue weighted by atomic mass is 35.5. The second-order valence-corrected chi connectivity index (χ2v) is 11.9. The number of carbonyl (C=O) groups is 3. The molecule has 0 spiro atoms. The number of aromatic nitrogens is 1. The van der Waals surface area contributed by atoms with Crippen LogP contribution in [0.15, 0.2) is 36.5 Å². The summed E-state index contributed by atoms with van der Waals surface area (Å²) in [4.78, 5) is 43.0. The first-order chi connectivity index (χ1) is 21.3. The smallest absolute Gasteiger partial charge is 0.334 e. The predicted octanol–water partition coefficient (Wildman–Crippen LogP) is 5.54. The van der Waals surface area contributed by atoms with E-state index >= 15 is 0 Å². The summed E-state index contributed by atoms with van der Waals surface area (Å²) in [5, 5.41) is 3.53. The third-order valence-corrected chi connectivity index (χ3v) is 8.80. The second-order valence-electron chi connectivity index (χ2n) is 11.4. The van der Waals surface area contributed by atoms with Crippen molar-refractivity contribution in [3.63, 3.8) is 0 Å². The Balaban J connectivity index is 1.48. The van der Waals surface area contributed by atoms with Crippen LogP contribution < -0.4 is 14.8 Å². The summed E-state index contributed by atoms with van der Waals surface area (Å²) in [6.07, 6.45) is 8.68. The van der Waals surface area contributed by atoms with Gasteiger partial charge < -0.3 is 29.0 Å². The molecule has 2 heterocycles. The van der Waals surface area contributed by atoms with Crippen molar-refractivity contribution in [3.8, 4) is 11.5 Å². The van der Waals surface area contributed by atoms with E-state index in [0.29, 0.717) is 29.9 Å². The van der Waals surface area contributed by atoms with E-state index in [4.69, 9.17) is 35.3 Å². The number of amides is 1. The zero-order valence-corrected chi connectivity index (χ0v) is 26.5. The van der Waals surface area contributed by atoms with Crippen LogP contribution >= 0.6 is 11.6 Å². The topological polar surface area (TPSA) is 122 Å². The molecule has 2 aromatic rings. The number of halogens is 1. The van der Waals surface area contributed by atoms with Gasteiger partial charge >= 0.3 is 11.9 Å². The third kappa shape index (κ3) is 9.08. The Labute approximate surface area is 264 Å². The third-order valence-electron chi connectivity index (χ3n) is 8.55. The zero-order chi connectivity index (χ0) is 31.5. The molecule has 1 N–H and O–H groups in total. The maximum atomic E-state index is 13.5. The summed E-state index contributed by atoms with van der Waals surface area (Å²) in [7, 11) is 1.42. The van der Waals surface area contributed by atoms with Gasteiger partial charge in [-0.3, -0.25) is 4.79 Å². The minimum absolute atomic E-state index is 0.00848. The van der Waals surface area contributed by atoms with Crippen LogP contribution in [-0.2, 0) is 30.2 Å². The summed E-state index contributed by atoms with van der Waals surface area (Å²) < 4.78 is 27.1. The van der Waals surface area contributed by atoms with Gasteiger partial charge in [0.2, 0.25) is 6.79 Å². The van der Waals surface area contributed by atoms with E-state index in [-0.39, 0.29) is 35.8 Å². The van der Waals surface area contributed by atoms with E-state index < -0.39 is 30.7 Å². The number of hydrogen-bond acceptors (Lipinski definition) is 9. The van der Waals surface area contributed by atoms with E-state index in [2.05, 4.69) is 22.4 Å². The zero-order valence-electron chi connectivity index (χ0n) is 25.7. The van der Waals surface area contributed by atoms with Gasteiger partial charge in [-0.1, -0.05) is 55.8 Å². The lowest BCUT2D eigenvalue weighted by Gasteiger charge is -2.35. The molecule has 10 nitrogen and oxygen atoms in total. The standard InChI is InChI=1S/C33H43ClN2O8/c1-4-41-19-28(37)42-20-43-31-27(40-3)16-17-35-30(31)32(38)36-26-11-7-10-24(18-22-12-14-25(34)15-13-22)29(21(2)44-33(26)39)23-8-5-6-9-23/h12-17,21,23-24,26,29H,4-11,18-20H2,1-3H3,(H,36,38)/t21-,24+,26-,29+/m0/s1. The average molecular weight is 631 g/mol. The van der Waals surface area contributed by atoms with Crippen molar-refractivity contribution >= 4 is 29.4 Å². The van der Waals surface area contributed by atoms with Crippen molar-refractivity contribution < 1.29 is 38.1 Å². The van der Waals surface area contributed by atoms with Crippen LogP contribution in [-0.4, -0.2) is 62.1 Å². The van der Waals surface area contributed by atoms with Crippen molar-refractivity contribution in [2.45, 2.75) is 77.4 Å². The van der Waals surface area contributed by atoms with Gasteiger partial charge in [-0.25, -0.2) is 14.6 Å². The van der Waals surface area contributed by atoms with Gasteiger partial charge in [0.1, 0.15) is 18.8 Å². The van der Waals surface area contributed by atoms with Crippen LogP contribution in [0.4, 0.5) is 0 Å². The first-order valence-corrected chi connectivity index (χ1v) is 15.8. The lowest BCUT2D eigenvalue weighted by molar-refractivity contribution is -0.156. The molecule has 1 aliphatic heterocycles. The highest BCUT2D eigenvalue weighted by Gasteiger charge is 2.39. The van der Waals surface area contributed by atoms with Crippen molar-refractivity contribution in [2.75, 3.05) is 27.1 Å². The number of esters is 2. The van der Waals surface area contributed by atoms with Gasteiger partial charge in [0.25, 0.3) is 5.91 Å². The molecule has 0 radical (unpaired) electrons. The highest BCUT2D eigenvalue weighted by molar-refractivity contribution is 6.30. The summed E-state index contributed by atoms with van der Waals surface area (Å²) >= 11 is 6.14. The van der Waals surface area contributed by atoms with Crippen molar-refractivity contribution in [1.82, 2.24) is 10.3 Å². The average Bonchev–Trinajstić information content (AvgIpc) is 3.55. The summed E-state index contributed by atoms with van der Waals surface area (Å²) in [6.45, 7) is 3.42. The molecule has 44 heavy (non-hydrogen) atoms. The first kappa shape index (κ1) is 33.5. The van der Waals surface area contributed by atoms with Gasteiger partial charge in [0.05, 0.1) is 7.11 Å². The SMILES string of the molecule is CCOCC(=O)OCOc1c(OC)ccnc1C(=O)N[C@H]1CCC[C@H](Cc2ccc(Cl)cc2)[C@@H](C2CCCC2)[C@H](C)OC1=O. The van der Waals surface area contributed by atoms with E-state index in [1.807, 2.05) is 19.1 Å². The monoisotopic (exact) mass is 630 g/mol. The van der Waals surface area contributed by atoms with Crippen molar-refractivity contribution in [2.24, 2.45) is 17.8 Å². The molecule has 2 aliphatic rings. The Morgan fingerprint density at radius 2 is 1.82 bits per heavy atom. The van der Waals surface area contributed by atoms with Crippen LogP contribution in [0.1, 0.15) is 74.8 Å². The van der Waals surface area contributed by atoms with Gasteiger partial charge in [0, 0.05) is 29.8 Å². The fourth-order valence-electron chi connectivity index (χ4n) is 6.52. The quantitative estimate of drug-likeness (QED) is 0.238. The molecule has 1 amide bonds. The number of hydrogen-bond donors (Lipinski definition) is 1. The number of pyridine rings is 1. The van der Waals surface area contributed by atoms with E-state index in [1.165, 1.54) is 37.8 Å². The fraction of sp³-hybridized carbons (Fsp3) is 0.576. The van der Waals surface area contributed by atoms with Gasteiger partial charge in [0.15, 0.2) is 17.2 Å². The Bertz CT molecular complexity index is 1250. The van der Waals surface area contributed by atoms with E-state index in [0.717, 1.165) is 32.1 Å². The molecule has 240 valence electrons. The molecule has 2 fully saturated rings. The number of carbonyl (C=O) groups excluding carboxylic acids is 3. The van der Waals surface area contributed by atoms with Crippen molar-refractivity contribution in [3.05, 3.63) is 52.8 Å². The van der Waals surface area contributed by atoms with Crippen LogP contribution in [0, 0.1) is 17.8 Å². The molecule has 4 atom stereocenters. The number of nitrogens with one attached hydrogen (secondary N) is 1. The summed E-state index contributed by atoms with van der Waals surface area (Å²) in [5.74, 6) is -0.460. The maximum absolute atomic E-state index is 13.5. The molecule has 1 aromatic carbocycles. The lowest BCUT2D eigenvalue weighted by atomic mass is 9.73. The van der Waals surface area contributed by atoms with Gasteiger partial charge in [-0.15, -0.1) is 0 Å². The molecule has 4 rings (SSSR count). The lowest BCUT2D eigenvalue weighted by Crippen LogP contribution is -2.44. The first-order valence-electron chi connectivity index (χ1n) is 15.5. The normalized spacial score (nSPS) is 22.7. The second kappa shape index (κ2) is 16.6. The molecule has 1 aliphatic carbocycles. The Morgan fingerprint density at radius 1 is 1.07 bits per heavy atom. The summed E-state index contributed by atoms with van der Waals surface area (Å²) in [5.41, 5.74) is 1.11. The van der Waals surface area contributed by atoms with Gasteiger partial charge in [-0.2, -0.15) is 0 Å². The van der Waals surface area contributed by atoms with Crippen LogP contribution in [0.2, 0.25) is 5.02 Å². The molecular weight excluding hydrogens is 588 g/mol. The molecular formula is C33H43ClN2O8. The molecule has 1 saturated heterocycles. The fourth-order valence-corrected chi connectivity index (χ4v) is 6.65. The van der Waals surface area contributed by atoms with E-state index in [9.17, 15) is 14.4 Å².